The molecule has 2 aromatic heterocycles. The number of aryl methyl sites for hydroxylation is 1. The Morgan fingerprint density at radius 1 is 0.935 bits per heavy atom. The highest BCUT2D eigenvalue weighted by atomic mass is 19.1. The van der Waals surface area contributed by atoms with E-state index in [0.29, 0.717) is 11.3 Å². The van der Waals surface area contributed by atoms with E-state index >= 15 is 0 Å². The van der Waals surface area contributed by atoms with Crippen molar-refractivity contribution in [1.82, 2.24) is 15.0 Å². The molecule has 0 radical (unpaired) electrons. The van der Waals surface area contributed by atoms with Crippen molar-refractivity contribution in [3.63, 3.8) is 0 Å². The fourth-order valence-corrected chi connectivity index (χ4v) is 3.43. The van der Waals surface area contributed by atoms with Gasteiger partial charge in [-0.05, 0) is 53.4 Å². The lowest BCUT2D eigenvalue weighted by molar-refractivity contribution is -0.118. The van der Waals surface area contributed by atoms with Crippen LogP contribution in [0.3, 0.4) is 0 Å². The molecule has 0 aliphatic carbocycles. The Kier molecular flexibility index (Phi) is 5.84. The maximum absolute atomic E-state index is 13.7. The van der Waals surface area contributed by atoms with E-state index in [1.807, 2.05) is 25.1 Å². The number of pyridine rings is 1. The molecule has 0 bridgehead atoms. The average Bonchev–Trinajstić information content (AvgIpc) is 3.26. The summed E-state index contributed by atoms with van der Waals surface area (Å²) in [7, 11) is 0. The molecular weight excluding hydrogens is 398 g/mol. The van der Waals surface area contributed by atoms with E-state index in [9.17, 15) is 13.6 Å². The van der Waals surface area contributed by atoms with E-state index in [2.05, 4.69) is 15.0 Å². The first-order chi connectivity index (χ1) is 15.0. The minimum Gasteiger partial charge on any atom is -0.345 e. The number of H-pyrrole nitrogens is 1. The van der Waals surface area contributed by atoms with Crippen LogP contribution < -0.4 is 4.90 Å². The van der Waals surface area contributed by atoms with Crippen molar-refractivity contribution < 1.29 is 13.6 Å². The van der Waals surface area contributed by atoms with Gasteiger partial charge in [0.1, 0.15) is 11.6 Å². The standard InChI is InChI=1S/C24H20F2N4O/c1-16-6-17(12-27-11-16)9-24(31)30(14-18-7-20(25)10-21(26)8-18)22-4-2-19(3-5-22)23-13-28-15-29-23/h2-8,10-13,15H,9,14H2,1H3,(H,28,29). The molecule has 4 aromatic rings. The third-order valence-corrected chi connectivity index (χ3v) is 4.84. The molecule has 2 heterocycles. The van der Waals surface area contributed by atoms with Crippen molar-refractivity contribution in [1.29, 1.82) is 0 Å². The first-order valence-corrected chi connectivity index (χ1v) is 9.72. The summed E-state index contributed by atoms with van der Waals surface area (Å²) in [6.07, 6.45) is 6.78. The second-order valence-corrected chi connectivity index (χ2v) is 7.32. The highest BCUT2D eigenvalue weighted by Gasteiger charge is 2.18. The summed E-state index contributed by atoms with van der Waals surface area (Å²) in [6, 6.07) is 12.5. The zero-order valence-electron chi connectivity index (χ0n) is 16.8. The molecule has 4 rings (SSSR count). The molecule has 0 aliphatic heterocycles. The molecule has 0 unspecified atom stereocenters. The number of hydrogen-bond acceptors (Lipinski definition) is 3. The summed E-state index contributed by atoms with van der Waals surface area (Å²) in [5.41, 5.74) is 4.47. The van der Waals surface area contributed by atoms with E-state index in [4.69, 9.17) is 0 Å². The second-order valence-electron chi connectivity index (χ2n) is 7.32. The number of rotatable bonds is 6. The maximum atomic E-state index is 13.7. The van der Waals surface area contributed by atoms with E-state index in [1.54, 1.807) is 37.1 Å². The lowest BCUT2D eigenvalue weighted by Gasteiger charge is -2.24. The minimum atomic E-state index is -0.681. The molecule has 31 heavy (non-hydrogen) atoms. The number of amides is 1. The van der Waals surface area contributed by atoms with Crippen molar-refractivity contribution >= 4 is 11.6 Å². The van der Waals surface area contributed by atoms with E-state index in [1.165, 1.54) is 17.0 Å². The molecule has 2 aromatic carbocycles. The smallest absolute Gasteiger partial charge is 0.231 e. The monoisotopic (exact) mass is 418 g/mol. The van der Waals surface area contributed by atoms with Gasteiger partial charge >= 0.3 is 0 Å². The number of benzene rings is 2. The van der Waals surface area contributed by atoms with Gasteiger partial charge in [-0.1, -0.05) is 18.2 Å². The Morgan fingerprint density at radius 3 is 2.32 bits per heavy atom. The molecule has 0 atom stereocenters. The van der Waals surface area contributed by atoms with Crippen LogP contribution in [0.5, 0.6) is 0 Å². The first-order valence-electron chi connectivity index (χ1n) is 9.72. The van der Waals surface area contributed by atoms with Gasteiger partial charge in [0, 0.05) is 24.1 Å². The first kappa shape index (κ1) is 20.4. The molecule has 0 spiro atoms. The number of hydrogen-bond donors (Lipinski definition) is 1. The van der Waals surface area contributed by atoms with Gasteiger partial charge < -0.3 is 9.88 Å². The van der Waals surface area contributed by atoms with E-state index in [-0.39, 0.29) is 18.9 Å². The van der Waals surface area contributed by atoms with Crippen LogP contribution in [0.25, 0.3) is 11.3 Å². The van der Waals surface area contributed by atoms with Gasteiger partial charge in [0.2, 0.25) is 5.91 Å². The highest BCUT2D eigenvalue weighted by molar-refractivity contribution is 5.95. The highest BCUT2D eigenvalue weighted by Crippen LogP contribution is 2.24. The Balaban J connectivity index is 1.65. The van der Waals surface area contributed by atoms with Crippen LogP contribution in [0.1, 0.15) is 16.7 Å². The molecule has 1 N–H and O–H groups in total. The van der Waals surface area contributed by atoms with Crippen LogP contribution in [0.15, 0.2) is 73.4 Å². The lowest BCUT2D eigenvalue weighted by Crippen LogP contribution is -2.32. The summed E-state index contributed by atoms with van der Waals surface area (Å²) >= 11 is 0. The quantitative estimate of drug-likeness (QED) is 0.488. The Labute approximate surface area is 178 Å². The lowest BCUT2D eigenvalue weighted by atomic mass is 10.1. The average molecular weight is 418 g/mol. The summed E-state index contributed by atoms with van der Waals surface area (Å²) in [6.45, 7) is 1.94. The van der Waals surface area contributed by atoms with Gasteiger partial charge in [0.05, 0.1) is 31.2 Å². The number of carbonyl (C=O) groups is 1. The predicted octanol–water partition coefficient (Wildman–Crippen LogP) is 4.83. The molecule has 5 nitrogen and oxygen atoms in total. The van der Waals surface area contributed by atoms with Crippen molar-refractivity contribution in [2.45, 2.75) is 19.9 Å². The molecule has 0 aliphatic rings. The number of halogens is 2. The number of nitrogens with one attached hydrogen (secondary N) is 1. The minimum absolute atomic E-state index is 0.0379. The zero-order chi connectivity index (χ0) is 21.8. The number of aromatic nitrogens is 3. The van der Waals surface area contributed by atoms with Gasteiger partial charge in [-0.25, -0.2) is 13.8 Å². The van der Waals surface area contributed by atoms with Gasteiger partial charge in [-0.3, -0.25) is 9.78 Å². The summed E-state index contributed by atoms with van der Waals surface area (Å²) in [5.74, 6) is -1.56. The third-order valence-electron chi connectivity index (χ3n) is 4.84. The molecule has 0 saturated heterocycles. The fourth-order valence-electron chi connectivity index (χ4n) is 3.43. The molecule has 0 saturated carbocycles. The van der Waals surface area contributed by atoms with Crippen LogP contribution in [0.4, 0.5) is 14.5 Å². The molecule has 156 valence electrons. The normalized spacial score (nSPS) is 10.8. The second kappa shape index (κ2) is 8.87. The van der Waals surface area contributed by atoms with Crippen molar-refractivity contribution in [3.8, 4) is 11.3 Å². The van der Waals surface area contributed by atoms with Crippen LogP contribution in [0.2, 0.25) is 0 Å². The van der Waals surface area contributed by atoms with Gasteiger partial charge in [0.25, 0.3) is 0 Å². The predicted molar refractivity (Wildman–Crippen MR) is 114 cm³/mol. The molecular formula is C24H20F2N4O. The Hall–Kier alpha value is -3.87. The van der Waals surface area contributed by atoms with Crippen LogP contribution in [-0.2, 0) is 17.8 Å². The van der Waals surface area contributed by atoms with Crippen LogP contribution in [-0.4, -0.2) is 20.9 Å². The Bertz CT molecular complexity index is 1170. The molecule has 7 heteroatoms. The molecule has 0 fully saturated rings. The third kappa shape index (κ3) is 5.01. The van der Waals surface area contributed by atoms with Crippen molar-refractivity contribution in [2.24, 2.45) is 0 Å². The Morgan fingerprint density at radius 2 is 1.68 bits per heavy atom. The maximum Gasteiger partial charge on any atom is 0.231 e. The summed E-state index contributed by atoms with van der Waals surface area (Å²) in [4.78, 5) is 25.9. The topological polar surface area (TPSA) is 61.9 Å². The van der Waals surface area contributed by atoms with Gasteiger partial charge in [0.15, 0.2) is 0 Å². The zero-order valence-corrected chi connectivity index (χ0v) is 16.8. The van der Waals surface area contributed by atoms with Crippen LogP contribution >= 0.6 is 0 Å². The fraction of sp³-hybridized carbons (Fsp3) is 0.125. The number of carbonyl (C=O) groups excluding carboxylic acids is 1. The summed E-state index contributed by atoms with van der Waals surface area (Å²) < 4.78 is 27.4. The number of nitrogens with zero attached hydrogens (tertiary/aromatic N) is 3. The van der Waals surface area contributed by atoms with Gasteiger partial charge in [-0.2, -0.15) is 0 Å². The number of imidazole rings is 1. The van der Waals surface area contributed by atoms with Crippen LogP contribution in [0, 0.1) is 18.6 Å². The number of anilines is 1. The largest absolute Gasteiger partial charge is 0.345 e. The van der Waals surface area contributed by atoms with E-state index < -0.39 is 11.6 Å². The van der Waals surface area contributed by atoms with Crippen molar-refractivity contribution in [3.05, 3.63) is 102 Å². The van der Waals surface area contributed by atoms with Gasteiger partial charge in [-0.15, -0.1) is 0 Å². The van der Waals surface area contributed by atoms with E-state index in [0.717, 1.165) is 28.5 Å². The van der Waals surface area contributed by atoms with Crippen molar-refractivity contribution in [2.75, 3.05) is 4.90 Å². The summed E-state index contributed by atoms with van der Waals surface area (Å²) in [5, 5.41) is 0. The molecule has 1 amide bonds. The number of aromatic amines is 1. The SMILES string of the molecule is Cc1cncc(CC(=O)N(Cc2cc(F)cc(F)c2)c2ccc(-c3cnc[nH]3)cc2)c1.